The smallest absolute Gasteiger partial charge is 0.327 e. The molecule has 2 N–H and O–H groups in total. The van der Waals surface area contributed by atoms with E-state index in [1.807, 2.05) is 13.8 Å². The number of carbonyl (C=O) groups excluding carboxylic acids is 1. The summed E-state index contributed by atoms with van der Waals surface area (Å²) in [5.74, 6) is -0.481. The summed E-state index contributed by atoms with van der Waals surface area (Å²) in [5.41, 5.74) is -0.407. The molecule has 0 aromatic rings. The van der Waals surface area contributed by atoms with Gasteiger partial charge in [-0.25, -0.2) is 9.59 Å². The summed E-state index contributed by atoms with van der Waals surface area (Å²) in [7, 11) is 0. The number of aliphatic carboxylic acids is 1. The van der Waals surface area contributed by atoms with Crippen LogP contribution in [0.15, 0.2) is 0 Å². The van der Waals surface area contributed by atoms with Crippen LogP contribution in [0.4, 0.5) is 4.79 Å². The van der Waals surface area contributed by atoms with Gasteiger partial charge in [0.1, 0.15) is 6.04 Å². The number of ether oxygens (including phenoxy) is 1. The Morgan fingerprint density at radius 1 is 1.43 bits per heavy atom. The van der Waals surface area contributed by atoms with Crippen LogP contribution < -0.4 is 5.32 Å². The largest absolute Gasteiger partial charge is 0.480 e. The zero-order valence-electron chi connectivity index (χ0n) is 13.5. The Bertz CT molecular complexity index is 369. The molecule has 1 fully saturated rings. The second-order valence-electron chi connectivity index (χ2n) is 6.73. The van der Waals surface area contributed by atoms with Gasteiger partial charge in [-0.05, 0) is 24.2 Å². The highest BCUT2D eigenvalue weighted by atomic mass is 16.5. The van der Waals surface area contributed by atoms with E-state index in [4.69, 9.17) is 4.74 Å². The molecule has 0 aromatic heterocycles. The first-order valence-electron chi connectivity index (χ1n) is 7.60. The van der Waals surface area contributed by atoms with E-state index in [1.54, 1.807) is 0 Å². The Morgan fingerprint density at radius 2 is 2.10 bits per heavy atom. The molecule has 1 aliphatic rings. The molecule has 0 aliphatic carbocycles. The molecule has 21 heavy (non-hydrogen) atoms. The highest BCUT2D eigenvalue weighted by Gasteiger charge is 2.44. The van der Waals surface area contributed by atoms with Crippen molar-refractivity contribution in [2.24, 2.45) is 11.3 Å². The predicted molar refractivity (Wildman–Crippen MR) is 80.2 cm³/mol. The predicted octanol–water partition coefficient (Wildman–Crippen LogP) is 1.94. The Labute approximate surface area is 126 Å². The third-order valence-electron chi connectivity index (χ3n) is 3.74. The molecule has 0 radical (unpaired) electrons. The van der Waals surface area contributed by atoms with Crippen molar-refractivity contribution in [3.63, 3.8) is 0 Å². The number of hydrogen-bond donors (Lipinski definition) is 2. The Hall–Kier alpha value is -1.30. The maximum Gasteiger partial charge on any atom is 0.327 e. The number of carboxylic acids is 1. The molecule has 6 nitrogen and oxygen atoms in total. The summed E-state index contributed by atoms with van der Waals surface area (Å²) < 4.78 is 5.40. The lowest BCUT2D eigenvalue weighted by Crippen LogP contribution is -2.58. The van der Waals surface area contributed by atoms with Crippen molar-refractivity contribution in [1.29, 1.82) is 0 Å². The van der Waals surface area contributed by atoms with Crippen LogP contribution in [-0.2, 0) is 9.53 Å². The molecule has 0 aromatic carbocycles. The molecule has 1 atom stereocenters. The average Bonchev–Trinajstić information content (AvgIpc) is 2.35. The number of piperidine rings is 1. The number of nitrogens with zero attached hydrogens (tertiary/aromatic N) is 1. The highest BCUT2D eigenvalue weighted by Crippen LogP contribution is 2.35. The fourth-order valence-corrected chi connectivity index (χ4v) is 2.73. The van der Waals surface area contributed by atoms with Gasteiger partial charge < -0.3 is 20.1 Å². The average molecular weight is 300 g/mol. The molecule has 1 aliphatic heterocycles. The van der Waals surface area contributed by atoms with Crippen LogP contribution >= 0.6 is 0 Å². The fraction of sp³-hybridized carbons (Fsp3) is 0.867. The Balaban J connectivity index is 2.49. The van der Waals surface area contributed by atoms with Crippen LogP contribution in [0.3, 0.4) is 0 Å². The summed E-state index contributed by atoms with van der Waals surface area (Å²) in [5, 5.41) is 12.2. The third-order valence-corrected chi connectivity index (χ3v) is 3.74. The van der Waals surface area contributed by atoms with Gasteiger partial charge in [-0.3, -0.25) is 0 Å². The van der Waals surface area contributed by atoms with Gasteiger partial charge in [-0.15, -0.1) is 0 Å². The fourth-order valence-electron chi connectivity index (χ4n) is 2.73. The van der Waals surface area contributed by atoms with Gasteiger partial charge in [-0.1, -0.05) is 27.7 Å². The molecule has 1 heterocycles. The van der Waals surface area contributed by atoms with Crippen LogP contribution in [0.5, 0.6) is 0 Å². The van der Waals surface area contributed by atoms with E-state index < -0.39 is 17.4 Å². The molecule has 1 unspecified atom stereocenters. The maximum absolute atomic E-state index is 12.2. The van der Waals surface area contributed by atoms with Crippen LogP contribution in [-0.4, -0.2) is 54.4 Å². The number of nitrogens with one attached hydrogen (secondary N) is 1. The highest BCUT2D eigenvalue weighted by molar-refractivity contribution is 5.83. The number of rotatable bonds is 6. The first kappa shape index (κ1) is 17.8. The van der Waals surface area contributed by atoms with Crippen molar-refractivity contribution in [1.82, 2.24) is 10.2 Å². The van der Waals surface area contributed by atoms with E-state index in [1.165, 1.54) is 4.90 Å². The lowest BCUT2D eigenvalue weighted by atomic mass is 9.76. The molecule has 0 bridgehead atoms. The number of carbonyl (C=O) groups is 2. The molecule has 0 saturated carbocycles. The molecule has 0 spiro atoms. The minimum atomic E-state index is -0.939. The van der Waals surface area contributed by atoms with Crippen molar-refractivity contribution < 1.29 is 19.4 Å². The van der Waals surface area contributed by atoms with Crippen LogP contribution in [0.2, 0.25) is 0 Å². The zero-order valence-corrected chi connectivity index (χ0v) is 13.5. The van der Waals surface area contributed by atoms with E-state index in [-0.39, 0.29) is 6.03 Å². The number of likely N-dealkylation sites (tertiary alicyclic amines) is 1. The second-order valence-corrected chi connectivity index (χ2v) is 6.73. The molecule has 1 rings (SSSR count). The third kappa shape index (κ3) is 5.19. The number of amides is 2. The molecular formula is C15H28N2O4. The number of hydrogen-bond acceptors (Lipinski definition) is 3. The van der Waals surface area contributed by atoms with Gasteiger partial charge in [0.05, 0.1) is 6.61 Å². The summed E-state index contributed by atoms with van der Waals surface area (Å²) in [4.78, 5) is 25.1. The summed E-state index contributed by atoms with van der Waals surface area (Å²) >= 11 is 0. The van der Waals surface area contributed by atoms with Crippen molar-refractivity contribution in [3.05, 3.63) is 0 Å². The Morgan fingerprint density at radius 3 is 2.67 bits per heavy atom. The topological polar surface area (TPSA) is 78.9 Å². The molecule has 6 heteroatoms. The van der Waals surface area contributed by atoms with Crippen LogP contribution in [0.25, 0.3) is 0 Å². The molecule has 122 valence electrons. The normalized spacial score (nSPS) is 21.4. The SMILES string of the molecule is CC(C)COCCNC(=O)N1CCCC(C)(C)C1C(=O)O. The van der Waals surface area contributed by atoms with Gasteiger partial charge in [0.25, 0.3) is 0 Å². The van der Waals surface area contributed by atoms with E-state index in [0.717, 1.165) is 12.8 Å². The second kappa shape index (κ2) is 7.64. The van der Waals surface area contributed by atoms with Gasteiger partial charge >= 0.3 is 12.0 Å². The summed E-state index contributed by atoms with van der Waals surface area (Å²) in [6.07, 6.45) is 1.64. The van der Waals surface area contributed by atoms with Gasteiger partial charge in [0, 0.05) is 19.7 Å². The van der Waals surface area contributed by atoms with Crippen LogP contribution in [0.1, 0.15) is 40.5 Å². The summed E-state index contributed by atoms with van der Waals surface area (Å²) in [6.45, 7) is 9.91. The van der Waals surface area contributed by atoms with E-state index in [0.29, 0.717) is 32.2 Å². The minimum Gasteiger partial charge on any atom is -0.480 e. The lowest BCUT2D eigenvalue weighted by molar-refractivity contribution is -0.148. The van der Waals surface area contributed by atoms with Gasteiger partial charge in [0.15, 0.2) is 0 Å². The monoisotopic (exact) mass is 300 g/mol. The lowest BCUT2D eigenvalue weighted by Gasteiger charge is -2.43. The first-order valence-corrected chi connectivity index (χ1v) is 7.60. The van der Waals surface area contributed by atoms with E-state index in [9.17, 15) is 14.7 Å². The Kier molecular flexibility index (Phi) is 6.45. The number of carboxylic acid groups (broad SMARTS) is 1. The molecule has 2 amide bonds. The van der Waals surface area contributed by atoms with Crippen molar-refractivity contribution in [3.8, 4) is 0 Å². The van der Waals surface area contributed by atoms with Crippen LogP contribution in [0, 0.1) is 11.3 Å². The number of urea groups is 1. The minimum absolute atomic E-state index is 0.316. The standard InChI is InChI=1S/C15H28N2O4/c1-11(2)10-21-9-7-16-14(20)17-8-5-6-15(3,4)12(17)13(18)19/h11-12H,5-10H2,1-4H3,(H,16,20)(H,18,19). The summed E-state index contributed by atoms with van der Waals surface area (Å²) in [6, 6.07) is -1.09. The van der Waals surface area contributed by atoms with E-state index >= 15 is 0 Å². The zero-order chi connectivity index (χ0) is 16.0. The maximum atomic E-state index is 12.2. The molecular weight excluding hydrogens is 272 g/mol. The van der Waals surface area contributed by atoms with Gasteiger partial charge in [0.2, 0.25) is 0 Å². The van der Waals surface area contributed by atoms with Crippen molar-refractivity contribution in [2.45, 2.75) is 46.6 Å². The van der Waals surface area contributed by atoms with Gasteiger partial charge in [-0.2, -0.15) is 0 Å². The van der Waals surface area contributed by atoms with Crippen molar-refractivity contribution in [2.75, 3.05) is 26.3 Å². The first-order chi connectivity index (χ1) is 9.75. The van der Waals surface area contributed by atoms with E-state index in [2.05, 4.69) is 19.2 Å². The molecule has 1 saturated heterocycles. The quantitative estimate of drug-likeness (QED) is 0.735. The van der Waals surface area contributed by atoms with Crippen molar-refractivity contribution >= 4 is 12.0 Å².